The van der Waals surface area contributed by atoms with Gasteiger partial charge in [-0.05, 0) is 19.3 Å². The molecule has 0 saturated heterocycles. The van der Waals surface area contributed by atoms with Gasteiger partial charge in [0.05, 0.1) is 31.4 Å². The van der Waals surface area contributed by atoms with Crippen LogP contribution < -0.4 is 0 Å². The number of methoxy groups -OCH3 is 1. The van der Waals surface area contributed by atoms with Crippen LogP contribution in [0.15, 0.2) is 12.5 Å². The molecule has 1 atom stereocenters. The van der Waals surface area contributed by atoms with Gasteiger partial charge in [-0.3, -0.25) is 4.79 Å². The Morgan fingerprint density at radius 3 is 3.12 bits per heavy atom. The van der Waals surface area contributed by atoms with E-state index in [1.165, 1.54) is 7.11 Å². The largest absolute Gasteiger partial charge is 0.469 e. The van der Waals surface area contributed by atoms with Gasteiger partial charge >= 0.3 is 5.97 Å². The average Bonchev–Trinajstić information content (AvgIpc) is 3.03. The number of hydrogen-bond donors (Lipinski definition) is 1. The predicted molar refractivity (Wildman–Crippen MR) is 56.7 cm³/mol. The molecule has 0 aromatic carbocycles. The average molecular weight is 224 g/mol. The minimum atomic E-state index is -0.637. The van der Waals surface area contributed by atoms with Crippen LogP contribution in [-0.4, -0.2) is 27.7 Å². The van der Waals surface area contributed by atoms with Crippen LogP contribution in [0.5, 0.6) is 0 Å². The van der Waals surface area contributed by atoms with E-state index in [0.29, 0.717) is 12.5 Å². The first-order chi connectivity index (χ1) is 7.72. The van der Waals surface area contributed by atoms with Gasteiger partial charge in [0.25, 0.3) is 0 Å². The van der Waals surface area contributed by atoms with Crippen LogP contribution in [0, 0.1) is 0 Å². The molecule has 1 heterocycles. The van der Waals surface area contributed by atoms with Crippen molar-refractivity contribution in [2.45, 2.75) is 37.8 Å². The second kappa shape index (κ2) is 4.65. The van der Waals surface area contributed by atoms with Gasteiger partial charge in [0, 0.05) is 12.5 Å². The summed E-state index contributed by atoms with van der Waals surface area (Å²) < 4.78 is 6.54. The maximum Gasteiger partial charge on any atom is 0.305 e. The van der Waals surface area contributed by atoms with Crippen molar-refractivity contribution in [3.05, 3.63) is 18.2 Å². The van der Waals surface area contributed by atoms with Gasteiger partial charge in [0.2, 0.25) is 0 Å². The molecule has 88 valence electrons. The minimum Gasteiger partial charge on any atom is -0.469 e. The van der Waals surface area contributed by atoms with Crippen molar-refractivity contribution in [1.82, 2.24) is 9.55 Å². The number of ether oxygens (including phenoxy) is 1. The molecule has 16 heavy (non-hydrogen) atoms. The van der Waals surface area contributed by atoms with Crippen LogP contribution in [0.2, 0.25) is 0 Å². The molecule has 0 spiro atoms. The summed E-state index contributed by atoms with van der Waals surface area (Å²) >= 11 is 0. The third-order valence-electron chi connectivity index (χ3n) is 2.83. The molecule has 0 aliphatic heterocycles. The number of aromatic nitrogens is 2. The summed E-state index contributed by atoms with van der Waals surface area (Å²) in [7, 11) is 1.35. The lowest BCUT2D eigenvalue weighted by molar-refractivity contribution is -0.141. The van der Waals surface area contributed by atoms with Crippen LogP contribution in [-0.2, 0) is 9.53 Å². The van der Waals surface area contributed by atoms with Crippen molar-refractivity contribution in [3.8, 4) is 0 Å². The van der Waals surface area contributed by atoms with Crippen LogP contribution in [0.4, 0.5) is 0 Å². The zero-order valence-electron chi connectivity index (χ0n) is 9.30. The summed E-state index contributed by atoms with van der Waals surface area (Å²) in [6.07, 6.45) is 5.68. The second-order valence-electron chi connectivity index (χ2n) is 4.09. The van der Waals surface area contributed by atoms with Gasteiger partial charge in [0.15, 0.2) is 0 Å². The van der Waals surface area contributed by atoms with E-state index in [1.807, 2.05) is 4.57 Å². The maximum atomic E-state index is 11.0. The molecule has 1 aliphatic rings. The topological polar surface area (TPSA) is 64.3 Å². The highest BCUT2D eigenvalue weighted by Crippen LogP contribution is 2.37. The lowest BCUT2D eigenvalue weighted by Crippen LogP contribution is -2.09. The van der Waals surface area contributed by atoms with Crippen LogP contribution in [0.1, 0.15) is 43.5 Å². The summed E-state index contributed by atoms with van der Waals surface area (Å²) in [6, 6.07) is 0.491. The van der Waals surface area contributed by atoms with E-state index in [1.54, 1.807) is 12.5 Å². The fourth-order valence-corrected chi connectivity index (χ4v) is 1.74. The van der Waals surface area contributed by atoms with Gasteiger partial charge in [-0.2, -0.15) is 0 Å². The van der Waals surface area contributed by atoms with Gasteiger partial charge < -0.3 is 14.4 Å². The Labute approximate surface area is 94.1 Å². The van der Waals surface area contributed by atoms with Crippen LogP contribution in [0.25, 0.3) is 0 Å². The zero-order chi connectivity index (χ0) is 11.5. The quantitative estimate of drug-likeness (QED) is 0.763. The molecule has 1 unspecified atom stereocenters. The van der Waals surface area contributed by atoms with Crippen molar-refractivity contribution in [3.63, 3.8) is 0 Å². The van der Waals surface area contributed by atoms with E-state index in [9.17, 15) is 9.90 Å². The molecule has 1 N–H and O–H groups in total. The number of hydrogen-bond acceptors (Lipinski definition) is 4. The maximum absolute atomic E-state index is 11.0. The van der Waals surface area contributed by atoms with Gasteiger partial charge in [-0.25, -0.2) is 4.98 Å². The smallest absolute Gasteiger partial charge is 0.305 e. The van der Waals surface area contributed by atoms with Crippen molar-refractivity contribution in [2.75, 3.05) is 7.11 Å². The second-order valence-corrected chi connectivity index (χ2v) is 4.09. The first-order valence-corrected chi connectivity index (χ1v) is 5.49. The predicted octanol–water partition coefficient (Wildman–Crippen LogP) is 1.20. The summed E-state index contributed by atoms with van der Waals surface area (Å²) in [4.78, 5) is 15.0. The molecule has 1 saturated carbocycles. The summed E-state index contributed by atoms with van der Waals surface area (Å²) in [5.41, 5.74) is 0.798. The number of nitrogens with zero attached hydrogens (tertiary/aromatic N) is 2. The molecule has 0 bridgehead atoms. The summed E-state index contributed by atoms with van der Waals surface area (Å²) in [5.74, 6) is -0.295. The number of aliphatic hydroxyl groups excluding tert-OH is 1. The molecule has 0 amide bonds. The molecule has 0 radical (unpaired) electrons. The SMILES string of the molecule is COC(=O)CCC(O)c1cncn1C1CC1. The summed E-state index contributed by atoms with van der Waals surface area (Å²) in [5, 5.41) is 9.94. The standard InChI is InChI=1S/C11H16N2O3/c1-16-11(15)5-4-10(14)9-6-12-7-13(9)8-2-3-8/h6-8,10,14H,2-5H2,1H3. The first-order valence-electron chi connectivity index (χ1n) is 5.49. The fraction of sp³-hybridized carbons (Fsp3) is 0.636. The Kier molecular flexibility index (Phi) is 3.24. The Morgan fingerprint density at radius 2 is 2.50 bits per heavy atom. The highest BCUT2D eigenvalue weighted by molar-refractivity contribution is 5.69. The number of aliphatic hydroxyl groups is 1. The van der Waals surface area contributed by atoms with E-state index in [0.717, 1.165) is 18.5 Å². The van der Waals surface area contributed by atoms with Crippen molar-refractivity contribution in [2.24, 2.45) is 0 Å². The molecule has 5 nitrogen and oxygen atoms in total. The van der Waals surface area contributed by atoms with Crippen molar-refractivity contribution in [1.29, 1.82) is 0 Å². The third kappa shape index (κ3) is 2.41. The van der Waals surface area contributed by atoms with E-state index < -0.39 is 6.10 Å². The molecular formula is C11H16N2O3. The van der Waals surface area contributed by atoms with E-state index in [4.69, 9.17) is 0 Å². The van der Waals surface area contributed by atoms with Gasteiger partial charge in [0.1, 0.15) is 0 Å². The Morgan fingerprint density at radius 1 is 1.75 bits per heavy atom. The minimum absolute atomic E-state index is 0.230. The number of esters is 1. The molecule has 1 aromatic heterocycles. The Hall–Kier alpha value is -1.36. The Balaban J connectivity index is 1.94. The first kappa shape index (κ1) is 11.1. The molecule has 1 fully saturated rings. The molecule has 2 rings (SSSR count). The number of rotatable bonds is 5. The highest BCUT2D eigenvalue weighted by Gasteiger charge is 2.27. The number of imidazole rings is 1. The van der Waals surface area contributed by atoms with Gasteiger partial charge in [-0.15, -0.1) is 0 Å². The highest BCUT2D eigenvalue weighted by atomic mass is 16.5. The van der Waals surface area contributed by atoms with E-state index in [-0.39, 0.29) is 12.4 Å². The lowest BCUT2D eigenvalue weighted by atomic mass is 10.1. The zero-order valence-corrected chi connectivity index (χ0v) is 9.30. The monoisotopic (exact) mass is 224 g/mol. The van der Waals surface area contributed by atoms with Crippen molar-refractivity contribution >= 4 is 5.97 Å². The normalized spacial score (nSPS) is 17.1. The van der Waals surface area contributed by atoms with Crippen LogP contribution in [0.3, 0.4) is 0 Å². The number of carbonyl (C=O) groups is 1. The third-order valence-corrected chi connectivity index (χ3v) is 2.83. The number of carbonyl (C=O) groups excluding carboxylic acids is 1. The Bertz CT molecular complexity index is 371. The molecular weight excluding hydrogens is 208 g/mol. The van der Waals surface area contributed by atoms with Crippen LogP contribution >= 0.6 is 0 Å². The molecule has 1 aliphatic carbocycles. The van der Waals surface area contributed by atoms with E-state index >= 15 is 0 Å². The molecule has 1 aromatic rings. The van der Waals surface area contributed by atoms with Gasteiger partial charge in [-0.1, -0.05) is 0 Å². The lowest BCUT2D eigenvalue weighted by Gasteiger charge is -2.12. The van der Waals surface area contributed by atoms with E-state index in [2.05, 4.69) is 9.72 Å². The molecule has 5 heteroatoms. The van der Waals surface area contributed by atoms with Crippen molar-refractivity contribution < 1.29 is 14.6 Å². The summed E-state index contributed by atoms with van der Waals surface area (Å²) in [6.45, 7) is 0. The fourth-order valence-electron chi connectivity index (χ4n) is 1.74.